The van der Waals surface area contributed by atoms with Crippen LogP contribution >= 0.6 is 0 Å². The predicted octanol–water partition coefficient (Wildman–Crippen LogP) is 0.925. The molecule has 0 heterocycles. The normalized spacial score (nSPS) is 17.5. The summed E-state index contributed by atoms with van der Waals surface area (Å²) in [6, 6.07) is 0. The molecule has 0 aromatic carbocycles. The average Bonchev–Trinajstić information content (AvgIpc) is 2.13. The molecule has 0 aliphatic rings. The van der Waals surface area contributed by atoms with Gasteiger partial charge in [-0.25, -0.2) is 5.06 Å². The summed E-state index contributed by atoms with van der Waals surface area (Å²) in [5, 5.41) is 1.37. The Bertz CT molecular complexity index is 191. The van der Waals surface area contributed by atoms with Crippen LogP contribution in [0.2, 0.25) is 0 Å². The fourth-order valence-electron chi connectivity index (χ4n) is 0.814. The van der Waals surface area contributed by atoms with Crippen LogP contribution < -0.4 is 0 Å². The maximum absolute atomic E-state index is 10.00. The average molecular weight is 235 g/mol. The Morgan fingerprint density at radius 2 is 2.13 bits per heavy atom. The maximum atomic E-state index is 10.00. The van der Waals surface area contributed by atoms with Gasteiger partial charge in [0.1, 0.15) is 0 Å². The van der Waals surface area contributed by atoms with Gasteiger partial charge >= 0.3 is 9.05 Å². The molecule has 0 aromatic heterocycles. The zero-order valence-electron chi connectivity index (χ0n) is 9.90. The van der Waals surface area contributed by atoms with Crippen molar-refractivity contribution in [1.29, 1.82) is 0 Å². The Balaban J connectivity index is 4.31. The summed E-state index contributed by atoms with van der Waals surface area (Å²) >= 11 is 0. The molecule has 0 saturated heterocycles. The van der Waals surface area contributed by atoms with Gasteiger partial charge in [-0.1, -0.05) is 13.0 Å². The third-order valence-corrected chi connectivity index (χ3v) is 3.43. The fraction of sp³-hybridized carbons (Fsp3) is 0.778. The van der Waals surface area contributed by atoms with Crippen molar-refractivity contribution >= 4 is 9.05 Å². The quantitative estimate of drug-likeness (QED) is 0.385. The minimum Gasteiger partial charge on any atom is -0.366 e. The van der Waals surface area contributed by atoms with Gasteiger partial charge in [0.2, 0.25) is 0 Å². The van der Waals surface area contributed by atoms with Gasteiger partial charge in [-0.2, -0.15) is 0 Å². The second kappa shape index (κ2) is 7.10. The summed E-state index contributed by atoms with van der Waals surface area (Å²) in [4.78, 5) is 10.00. The molecule has 0 radical (unpaired) electrons. The lowest BCUT2D eigenvalue weighted by Gasteiger charge is -2.27. The molecule has 0 aliphatic carbocycles. The van der Waals surface area contributed by atoms with Crippen LogP contribution in [0.1, 0.15) is 20.3 Å². The molecule has 5 nitrogen and oxygen atoms in total. The van der Waals surface area contributed by atoms with Gasteiger partial charge in [0.25, 0.3) is 0 Å². The van der Waals surface area contributed by atoms with Gasteiger partial charge in [-0.15, -0.1) is 6.58 Å². The Morgan fingerprint density at radius 1 is 1.53 bits per heavy atom. The highest BCUT2D eigenvalue weighted by molar-refractivity contribution is 6.51. The van der Waals surface area contributed by atoms with Crippen LogP contribution in [0.4, 0.5) is 0 Å². The van der Waals surface area contributed by atoms with Crippen molar-refractivity contribution in [2.24, 2.45) is 0 Å². The Labute approximate surface area is 92.7 Å². The number of hydrogen-bond acceptors (Lipinski definition) is 5. The summed E-state index contributed by atoms with van der Waals surface area (Å²) in [6.07, 6.45) is 2.21. The van der Waals surface area contributed by atoms with E-state index in [9.17, 15) is 4.80 Å². The lowest BCUT2D eigenvalue weighted by molar-refractivity contribution is -0.133. The first-order valence-corrected chi connectivity index (χ1v) is 6.62. The molecule has 0 bridgehead atoms. The number of hydroxylamine groups is 2. The summed E-state index contributed by atoms with van der Waals surface area (Å²) in [5.41, 5.74) is 0. The molecule has 0 amide bonds. The van der Waals surface area contributed by atoms with E-state index < -0.39 is 9.05 Å². The molecule has 2 unspecified atom stereocenters. The smallest absolute Gasteiger partial charge is 0.366 e. The second-order valence-corrected chi connectivity index (χ2v) is 5.12. The first kappa shape index (κ1) is 14.8. The molecular formula is C9H21NO4Si. The third kappa shape index (κ3) is 6.77. The Kier molecular flexibility index (Phi) is 6.99. The van der Waals surface area contributed by atoms with Crippen LogP contribution in [-0.2, 0) is 13.4 Å². The van der Waals surface area contributed by atoms with E-state index in [4.69, 9.17) is 13.4 Å². The number of rotatable bonds is 8. The highest BCUT2D eigenvalue weighted by Crippen LogP contribution is 2.11. The van der Waals surface area contributed by atoms with Crippen molar-refractivity contribution in [3.63, 3.8) is 0 Å². The summed E-state index contributed by atoms with van der Waals surface area (Å²) < 4.78 is 15.7. The van der Waals surface area contributed by atoms with Gasteiger partial charge in [0.15, 0.2) is 0 Å². The van der Waals surface area contributed by atoms with Crippen molar-refractivity contribution < 1.29 is 18.2 Å². The van der Waals surface area contributed by atoms with Crippen LogP contribution in [-0.4, -0.2) is 45.7 Å². The Morgan fingerprint density at radius 3 is 2.53 bits per heavy atom. The molecule has 0 fully saturated rings. The summed E-state index contributed by atoms with van der Waals surface area (Å²) in [5.74, 6) is 0. The van der Waals surface area contributed by atoms with Crippen LogP contribution in [0, 0.1) is 0 Å². The van der Waals surface area contributed by atoms with E-state index in [1.54, 1.807) is 14.1 Å². The van der Waals surface area contributed by atoms with Crippen molar-refractivity contribution in [3.05, 3.63) is 12.7 Å². The molecular weight excluding hydrogens is 214 g/mol. The van der Waals surface area contributed by atoms with Gasteiger partial charge in [-0.3, -0.25) is 4.53 Å². The largest absolute Gasteiger partial charge is 0.694 e. The minimum absolute atomic E-state index is 0.105. The molecule has 2 atom stereocenters. The van der Waals surface area contributed by atoms with E-state index in [1.807, 2.05) is 13.8 Å². The monoisotopic (exact) mass is 235 g/mol. The molecule has 0 rings (SSSR count). The number of nitrogens with zero attached hydrogens (tertiary/aromatic N) is 1. The van der Waals surface area contributed by atoms with E-state index >= 15 is 0 Å². The topological polar surface area (TPSA) is 51.2 Å². The highest BCUT2D eigenvalue weighted by atomic mass is 28.4. The summed E-state index contributed by atoms with van der Waals surface area (Å²) in [6.45, 7) is 7.52. The SMILES string of the molecule is C=CCO[Si](O)(OC(C)CC)ON(C)C. The van der Waals surface area contributed by atoms with Crippen LogP contribution in [0.25, 0.3) is 0 Å². The van der Waals surface area contributed by atoms with Gasteiger partial charge in [0, 0.05) is 20.2 Å². The Hall–Kier alpha value is -0.243. The van der Waals surface area contributed by atoms with E-state index in [0.29, 0.717) is 0 Å². The zero-order chi connectivity index (χ0) is 11.9. The summed E-state index contributed by atoms with van der Waals surface area (Å²) in [7, 11) is -0.239. The molecule has 0 aliphatic heterocycles. The minimum atomic E-state index is -3.56. The van der Waals surface area contributed by atoms with E-state index in [0.717, 1.165) is 6.42 Å². The zero-order valence-corrected chi connectivity index (χ0v) is 10.9. The van der Waals surface area contributed by atoms with Gasteiger partial charge < -0.3 is 13.6 Å². The van der Waals surface area contributed by atoms with E-state index in [1.165, 1.54) is 11.1 Å². The van der Waals surface area contributed by atoms with Crippen molar-refractivity contribution in [3.8, 4) is 0 Å². The van der Waals surface area contributed by atoms with E-state index in [-0.39, 0.29) is 12.7 Å². The predicted molar refractivity (Wildman–Crippen MR) is 59.7 cm³/mol. The highest BCUT2D eigenvalue weighted by Gasteiger charge is 2.44. The van der Waals surface area contributed by atoms with Gasteiger partial charge in [-0.05, 0) is 13.3 Å². The van der Waals surface area contributed by atoms with Crippen molar-refractivity contribution in [2.45, 2.75) is 26.4 Å². The molecule has 6 heteroatoms. The van der Waals surface area contributed by atoms with E-state index in [2.05, 4.69) is 6.58 Å². The van der Waals surface area contributed by atoms with Crippen LogP contribution in [0.5, 0.6) is 0 Å². The number of hydrogen-bond donors (Lipinski definition) is 1. The fourth-order valence-corrected chi connectivity index (χ4v) is 2.44. The maximum Gasteiger partial charge on any atom is 0.694 e. The molecule has 0 spiro atoms. The molecule has 1 N–H and O–H groups in total. The second-order valence-electron chi connectivity index (χ2n) is 3.36. The lowest BCUT2D eigenvalue weighted by atomic mass is 10.3. The van der Waals surface area contributed by atoms with Crippen molar-refractivity contribution in [2.75, 3.05) is 20.7 Å². The first-order valence-electron chi connectivity index (χ1n) is 4.95. The first-order chi connectivity index (χ1) is 6.93. The lowest BCUT2D eigenvalue weighted by Crippen LogP contribution is -2.51. The van der Waals surface area contributed by atoms with Crippen molar-refractivity contribution in [1.82, 2.24) is 5.06 Å². The third-order valence-electron chi connectivity index (χ3n) is 1.61. The molecule has 0 aromatic rings. The van der Waals surface area contributed by atoms with Gasteiger partial charge in [0.05, 0.1) is 6.61 Å². The standard InChI is InChI=1S/C9H21NO4Si/c1-6-8-12-15(11,14-10(4)5)13-9(3)7-2/h6,9,11H,1,7-8H2,2-5H3. The molecule has 90 valence electrons. The molecule has 0 saturated carbocycles. The van der Waals surface area contributed by atoms with Crippen LogP contribution in [0.3, 0.4) is 0 Å². The molecule has 15 heavy (non-hydrogen) atoms. The van der Waals surface area contributed by atoms with Crippen LogP contribution in [0.15, 0.2) is 12.7 Å².